The first-order valence-corrected chi connectivity index (χ1v) is 5.78. The normalized spacial score (nSPS) is 36.3. The highest BCUT2D eigenvalue weighted by molar-refractivity contribution is 5.65. The monoisotopic (exact) mass is 219 g/mol. The smallest absolute Gasteiger partial charge is 0.171 e. The van der Waals surface area contributed by atoms with E-state index in [4.69, 9.17) is 4.74 Å². The Morgan fingerprint density at radius 2 is 2.12 bits per heavy atom. The molecular weight excluding hydrogens is 202 g/mol. The second-order valence-corrected chi connectivity index (χ2v) is 4.83. The molecule has 2 aliphatic heterocycles. The van der Waals surface area contributed by atoms with E-state index < -0.39 is 11.3 Å². The van der Waals surface area contributed by atoms with E-state index in [0.717, 1.165) is 30.6 Å². The second kappa shape index (κ2) is 2.99. The molecule has 0 aromatic heterocycles. The first kappa shape index (κ1) is 10.1. The highest BCUT2D eigenvalue weighted by Gasteiger charge is 2.61. The van der Waals surface area contributed by atoms with E-state index in [2.05, 4.69) is 17.0 Å². The number of methoxy groups -OCH3 is 1. The lowest BCUT2D eigenvalue weighted by atomic mass is 9.86. The zero-order valence-electron chi connectivity index (χ0n) is 9.73. The van der Waals surface area contributed by atoms with Crippen LogP contribution >= 0.6 is 0 Å². The molecule has 1 N–H and O–H groups in total. The van der Waals surface area contributed by atoms with Crippen LogP contribution in [0.1, 0.15) is 25.3 Å². The van der Waals surface area contributed by atoms with Gasteiger partial charge in [-0.25, -0.2) is 0 Å². The number of aliphatic hydroxyl groups is 1. The zero-order valence-corrected chi connectivity index (χ0v) is 9.73. The Morgan fingerprint density at radius 1 is 1.38 bits per heavy atom. The van der Waals surface area contributed by atoms with E-state index in [1.54, 1.807) is 7.11 Å². The maximum Gasteiger partial charge on any atom is 0.171 e. The predicted molar refractivity (Wildman–Crippen MR) is 62.3 cm³/mol. The Balaban J connectivity index is 2.25. The van der Waals surface area contributed by atoms with Crippen molar-refractivity contribution in [2.45, 2.75) is 31.1 Å². The topological polar surface area (TPSA) is 32.7 Å². The summed E-state index contributed by atoms with van der Waals surface area (Å²) in [7, 11) is 1.68. The maximum absolute atomic E-state index is 10.9. The summed E-state index contributed by atoms with van der Waals surface area (Å²) >= 11 is 0. The van der Waals surface area contributed by atoms with Crippen LogP contribution in [0.3, 0.4) is 0 Å². The van der Waals surface area contributed by atoms with Crippen molar-refractivity contribution in [1.29, 1.82) is 0 Å². The fourth-order valence-electron chi connectivity index (χ4n) is 3.22. The average molecular weight is 219 g/mol. The summed E-state index contributed by atoms with van der Waals surface area (Å²) in [6, 6.07) is 8.13. The molecule has 3 heteroatoms. The fraction of sp³-hybridized carbons (Fsp3) is 0.538. The van der Waals surface area contributed by atoms with Gasteiger partial charge in [-0.15, -0.1) is 0 Å². The Hall–Kier alpha value is -1.06. The Kier molecular flexibility index (Phi) is 1.89. The van der Waals surface area contributed by atoms with Gasteiger partial charge in [0.25, 0.3) is 0 Å². The standard InChI is InChI=1S/C13H17NO2/c1-12(16-2)10-6-3-4-7-11(10)14-9-5-8-13(12,14)15/h3-4,6-7,15H,5,8-9H2,1-2H3. The van der Waals surface area contributed by atoms with Crippen LogP contribution in [-0.2, 0) is 10.3 Å². The van der Waals surface area contributed by atoms with Crippen molar-refractivity contribution in [3.05, 3.63) is 29.8 Å². The molecule has 2 heterocycles. The first-order chi connectivity index (χ1) is 7.63. The molecule has 1 fully saturated rings. The lowest BCUT2D eigenvalue weighted by Gasteiger charge is -2.39. The summed E-state index contributed by atoms with van der Waals surface area (Å²) in [5.41, 5.74) is 0.734. The Labute approximate surface area is 95.6 Å². The lowest BCUT2D eigenvalue weighted by molar-refractivity contribution is -0.150. The minimum atomic E-state index is -0.870. The highest BCUT2D eigenvalue weighted by atomic mass is 16.5. The number of benzene rings is 1. The van der Waals surface area contributed by atoms with Crippen molar-refractivity contribution < 1.29 is 9.84 Å². The number of rotatable bonds is 1. The first-order valence-electron chi connectivity index (χ1n) is 5.78. The number of nitrogens with zero attached hydrogens (tertiary/aromatic N) is 1. The van der Waals surface area contributed by atoms with Gasteiger partial charge in [0.15, 0.2) is 5.72 Å². The fourth-order valence-corrected chi connectivity index (χ4v) is 3.22. The van der Waals surface area contributed by atoms with Crippen LogP contribution in [0.5, 0.6) is 0 Å². The van der Waals surface area contributed by atoms with Gasteiger partial charge in [-0.2, -0.15) is 0 Å². The number of hydrogen-bond donors (Lipinski definition) is 1. The maximum atomic E-state index is 10.9. The molecule has 0 saturated carbocycles. The molecule has 1 aromatic carbocycles. The molecule has 0 spiro atoms. The van der Waals surface area contributed by atoms with Crippen LogP contribution in [0.25, 0.3) is 0 Å². The molecule has 86 valence electrons. The quantitative estimate of drug-likeness (QED) is 0.782. The van der Waals surface area contributed by atoms with Crippen LogP contribution in [0.15, 0.2) is 24.3 Å². The van der Waals surface area contributed by atoms with Gasteiger partial charge in [-0.1, -0.05) is 18.2 Å². The van der Waals surface area contributed by atoms with Crippen molar-refractivity contribution in [1.82, 2.24) is 0 Å². The van der Waals surface area contributed by atoms with E-state index in [9.17, 15) is 5.11 Å². The largest absolute Gasteiger partial charge is 0.369 e. The molecular formula is C13H17NO2. The number of ether oxygens (including phenoxy) is 1. The van der Waals surface area contributed by atoms with Crippen molar-refractivity contribution in [3.63, 3.8) is 0 Å². The SMILES string of the molecule is COC1(C)c2ccccc2N2CCCC21O. The summed E-state index contributed by atoms with van der Waals surface area (Å²) in [5.74, 6) is 0. The second-order valence-electron chi connectivity index (χ2n) is 4.83. The number of para-hydroxylation sites is 1. The summed E-state index contributed by atoms with van der Waals surface area (Å²) < 4.78 is 5.65. The molecule has 16 heavy (non-hydrogen) atoms. The zero-order chi connectivity index (χ0) is 11.4. The molecule has 0 aliphatic carbocycles. The van der Waals surface area contributed by atoms with Gasteiger partial charge < -0.3 is 14.7 Å². The molecule has 0 amide bonds. The van der Waals surface area contributed by atoms with Gasteiger partial charge in [0, 0.05) is 31.3 Å². The van der Waals surface area contributed by atoms with Gasteiger partial charge >= 0.3 is 0 Å². The molecule has 0 bridgehead atoms. The molecule has 1 saturated heterocycles. The van der Waals surface area contributed by atoms with Crippen LogP contribution in [0.4, 0.5) is 5.69 Å². The van der Waals surface area contributed by atoms with Gasteiger partial charge in [0.2, 0.25) is 0 Å². The molecule has 2 unspecified atom stereocenters. The van der Waals surface area contributed by atoms with E-state index >= 15 is 0 Å². The number of fused-ring (bicyclic) bond motifs is 3. The van der Waals surface area contributed by atoms with Gasteiger partial charge in [-0.3, -0.25) is 0 Å². The number of hydrogen-bond acceptors (Lipinski definition) is 3. The molecule has 2 atom stereocenters. The van der Waals surface area contributed by atoms with Gasteiger partial charge in [-0.05, 0) is 19.4 Å². The minimum Gasteiger partial charge on any atom is -0.369 e. The third kappa shape index (κ3) is 0.913. The van der Waals surface area contributed by atoms with Crippen molar-refractivity contribution in [2.24, 2.45) is 0 Å². The van der Waals surface area contributed by atoms with E-state index in [0.29, 0.717) is 0 Å². The minimum absolute atomic E-state index is 0.611. The molecule has 1 aromatic rings. The van der Waals surface area contributed by atoms with Gasteiger partial charge in [0.1, 0.15) is 5.60 Å². The lowest BCUT2D eigenvalue weighted by Crippen LogP contribution is -2.54. The molecule has 3 rings (SSSR count). The average Bonchev–Trinajstić information content (AvgIpc) is 2.78. The third-order valence-corrected chi connectivity index (χ3v) is 4.23. The molecule has 2 aliphatic rings. The van der Waals surface area contributed by atoms with Crippen LogP contribution < -0.4 is 4.90 Å². The van der Waals surface area contributed by atoms with Crippen LogP contribution in [0, 0.1) is 0 Å². The van der Waals surface area contributed by atoms with E-state index in [-0.39, 0.29) is 0 Å². The van der Waals surface area contributed by atoms with Gasteiger partial charge in [0.05, 0.1) is 0 Å². The van der Waals surface area contributed by atoms with E-state index in [1.807, 2.05) is 19.1 Å². The van der Waals surface area contributed by atoms with Crippen molar-refractivity contribution in [3.8, 4) is 0 Å². The highest BCUT2D eigenvalue weighted by Crippen LogP contribution is 2.55. The van der Waals surface area contributed by atoms with Crippen LogP contribution in [0.2, 0.25) is 0 Å². The summed E-state index contributed by atoms with van der Waals surface area (Å²) in [6.45, 7) is 2.89. The Morgan fingerprint density at radius 3 is 2.88 bits per heavy atom. The van der Waals surface area contributed by atoms with E-state index in [1.165, 1.54) is 0 Å². The molecule has 3 nitrogen and oxygen atoms in total. The van der Waals surface area contributed by atoms with Crippen LogP contribution in [-0.4, -0.2) is 24.5 Å². The molecule has 0 radical (unpaired) electrons. The third-order valence-electron chi connectivity index (χ3n) is 4.23. The summed E-state index contributed by atoms with van der Waals surface area (Å²) in [6.07, 6.45) is 1.79. The van der Waals surface area contributed by atoms with Crippen molar-refractivity contribution >= 4 is 5.69 Å². The summed E-state index contributed by atoms with van der Waals surface area (Å²) in [5, 5.41) is 10.9. The Bertz CT molecular complexity index is 434. The number of anilines is 1. The van der Waals surface area contributed by atoms with Crippen molar-refractivity contribution in [2.75, 3.05) is 18.6 Å². The predicted octanol–water partition coefficient (Wildman–Crippen LogP) is 1.85. The summed E-state index contributed by atoms with van der Waals surface area (Å²) in [4.78, 5) is 2.09.